The van der Waals surface area contributed by atoms with Crippen LogP contribution in [0.1, 0.15) is 51.3 Å². The molecular weight excluding hydrogens is 604 g/mol. The number of nitrogens with zero attached hydrogens (tertiary/aromatic N) is 3. The van der Waals surface area contributed by atoms with Gasteiger partial charge in [0.05, 0.1) is 30.4 Å². The van der Waals surface area contributed by atoms with Gasteiger partial charge in [0.1, 0.15) is 6.04 Å². The third kappa shape index (κ3) is 6.73. The van der Waals surface area contributed by atoms with E-state index in [4.69, 9.17) is 35.9 Å². The number of ether oxygens (including phenoxy) is 3. The van der Waals surface area contributed by atoms with E-state index >= 15 is 0 Å². The molecular formula is C28H32BrClN4O4S. The van der Waals surface area contributed by atoms with Crippen LogP contribution < -0.4 is 14.8 Å². The van der Waals surface area contributed by atoms with Crippen LogP contribution in [0.4, 0.5) is 5.95 Å². The number of hydrogen-bond acceptors (Lipinski definition) is 8. The number of allylic oxidation sites excluding steroid dienone is 1. The first-order valence-electron chi connectivity index (χ1n) is 12.7. The molecule has 1 aliphatic rings. The van der Waals surface area contributed by atoms with Crippen LogP contribution in [0.3, 0.4) is 0 Å². The number of esters is 1. The van der Waals surface area contributed by atoms with E-state index in [0.29, 0.717) is 63.8 Å². The van der Waals surface area contributed by atoms with Gasteiger partial charge in [-0.05, 0) is 71.4 Å². The predicted octanol–water partition coefficient (Wildman–Crippen LogP) is 7.27. The number of aromatic nitrogens is 3. The number of rotatable bonds is 11. The van der Waals surface area contributed by atoms with Gasteiger partial charge in [0.2, 0.25) is 11.1 Å². The van der Waals surface area contributed by atoms with Crippen LogP contribution in [0.2, 0.25) is 5.02 Å². The summed E-state index contributed by atoms with van der Waals surface area (Å²) >= 11 is 11.5. The molecule has 0 saturated carbocycles. The van der Waals surface area contributed by atoms with E-state index in [0.717, 1.165) is 22.0 Å². The number of methoxy groups -OCH3 is 1. The summed E-state index contributed by atoms with van der Waals surface area (Å²) in [6.07, 6.45) is 0.916. The Morgan fingerprint density at radius 1 is 1.26 bits per heavy atom. The number of thioether (sulfide) groups is 1. The zero-order chi connectivity index (χ0) is 28.1. The second-order valence-electron chi connectivity index (χ2n) is 9.39. The molecule has 0 saturated heterocycles. The smallest absolute Gasteiger partial charge is 0.338 e. The summed E-state index contributed by atoms with van der Waals surface area (Å²) in [6, 6.07) is 10.9. The van der Waals surface area contributed by atoms with Crippen LogP contribution in [0.25, 0.3) is 0 Å². The van der Waals surface area contributed by atoms with Gasteiger partial charge in [0, 0.05) is 16.5 Å². The molecule has 208 valence electrons. The topological polar surface area (TPSA) is 87.5 Å². The maximum absolute atomic E-state index is 13.0. The van der Waals surface area contributed by atoms with Crippen molar-refractivity contribution in [1.29, 1.82) is 0 Å². The molecule has 0 fully saturated rings. The number of benzene rings is 2. The minimum atomic E-state index is -0.601. The number of hydrogen-bond donors (Lipinski definition) is 1. The Hall–Kier alpha value is -2.69. The third-order valence-corrected chi connectivity index (χ3v) is 7.99. The van der Waals surface area contributed by atoms with Crippen LogP contribution in [-0.4, -0.2) is 41.1 Å². The first-order chi connectivity index (χ1) is 18.7. The standard InChI is InChI=1S/C28H32BrClN4O4S/c1-6-37-22-14-19(13-20(29)25(22)38-12-11-16(2)3)24-23(26(35)36-5)17(4)31-27-32-28(33-34(24)27)39-15-18-9-7-8-10-21(18)30/h7-10,13-14,16,24H,6,11-12,15H2,1-5H3,(H,31,32,33). The Bertz CT molecular complexity index is 1380. The molecule has 2 aromatic carbocycles. The Kier molecular flexibility index (Phi) is 9.85. The lowest BCUT2D eigenvalue weighted by atomic mass is 9.95. The molecule has 0 amide bonds. The van der Waals surface area contributed by atoms with Crippen molar-refractivity contribution in [2.24, 2.45) is 5.92 Å². The first kappa shape index (κ1) is 29.3. The van der Waals surface area contributed by atoms with E-state index < -0.39 is 12.0 Å². The highest BCUT2D eigenvalue weighted by atomic mass is 79.9. The fraction of sp³-hybridized carbons (Fsp3) is 0.393. The SMILES string of the molecule is CCOc1cc(C2C(C(=O)OC)=C(C)Nc3nc(SCc4ccccc4Cl)nn32)cc(Br)c1OCCC(C)C. The fourth-order valence-electron chi connectivity index (χ4n) is 4.18. The van der Waals surface area contributed by atoms with Crippen molar-refractivity contribution in [2.75, 3.05) is 25.6 Å². The van der Waals surface area contributed by atoms with Gasteiger partial charge in [0.25, 0.3) is 0 Å². The molecule has 0 radical (unpaired) electrons. The highest BCUT2D eigenvalue weighted by Crippen LogP contribution is 2.43. The molecule has 39 heavy (non-hydrogen) atoms. The molecule has 0 spiro atoms. The Morgan fingerprint density at radius 2 is 2.03 bits per heavy atom. The molecule has 0 aliphatic carbocycles. The Balaban J connectivity index is 1.74. The summed E-state index contributed by atoms with van der Waals surface area (Å²) in [6.45, 7) is 9.08. The van der Waals surface area contributed by atoms with Crippen molar-refractivity contribution in [2.45, 2.75) is 51.1 Å². The quantitative estimate of drug-likeness (QED) is 0.174. The van der Waals surface area contributed by atoms with Gasteiger partial charge < -0.3 is 19.5 Å². The summed E-state index contributed by atoms with van der Waals surface area (Å²) in [4.78, 5) is 17.7. The lowest BCUT2D eigenvalue weighted by Crippen LogP contribution is -2.29. The summed E-state index contributed by atoms with van der Waals surface area (Å²) in [5.41, 5.74) is 2.84. The average Bonchev–Trinajstić information content (AvgIpc) is 3.30. The van der Waals surface area contributed by atoms with Gasteiger partial charge in [-0.1, -0.05) is 55.4 Å². The van der Waals surface area contributed by atoms with Crippen molar-refractivity contribution in [3.63, 3.8) is 0 Å². The van der Waals surface area contributed by atoms with Gasteiger partial charge in [0.15, 0.2) is 11.5 Å². The monoisotopic (exact) mass is 634 g/mol. The molecule has 1 atom stereocenters. The Morgan fingerprint density at radius 3 is 2.72 bits per heavy atom. The van der Waals surface area contributed by atoms with E-state index in [1.54, 1.807) is 4.68 Å². The number of halogens is 2. The number of anilines is 1. The van der Waals surface area contributed by atoms with E-state index in [9.17, 15) is 4.79 Å². The van der Waals surface area contributed by atoms with Gasteiger partial charge in [-0.25, -0.2) is 9.48 Å². The molecule has 0 bridgehead atoms. The molecule has 1 unspecified atom stereocenters. The van der Waals surface area contributed by atoms with Crippen LogP contribution in [0.15, 0.2) is 57.3 Å². The molecule has 2 heterocycles. The lowest BCUT2D eigenvalue weighted by molar-refractivity contribution is -0.136. The third-order valence-electron chi connectivity index (χ3n) is 6.14. The summed E-state index contributed by atoms with van der Waals surface area (Å²) in [7, 11) is 1.37. The zero-order valence-corrected chi connectivity index (χ0v) is 25.7. The zero-order valence-electron chi connectivity index (χ0n) is 22.6. The van der Waals surface area contributed by atoms with Crippen molar-refractivity contribution in [3.05, 3.63) is 68.3 Å². The predicted molar refractivity (Wildman–Crippen MR) is 158 cm³/mol. The van der Waals surface area contributed by atoms with Gasteiger partial charge in [-0.2, -0.15) is 4.98 Å². The van der Waals surface area contributed by atoms with Crippen molar-refractivity contribution in [3.8, 4) is 11.5 Å². The average molecular weight is 636 g/mol. The maximum atomic E-state index is 13.0. The Labute approximate surface area is 246 Å². The van der Waals surface area contributed by atoms with Crippen LogP contribution >= 0.6 is 39.3 Å². The van der Waals surface area contributed by atoms with E-state index in [2.05, 4.69) is 35.1 Å². The minimum Gasteiger partial charge on any atom is -0.490 e. The molecule has 1 aliphatic heterocycles. The molecule has 3 aromatic rings. The maximum Gasteiger partial charge on any atom is 0.338 e. The van der Waals surface area contributed by atoms with E-state index in [1.165, 1.54) is 18.9 Å². The molecule has 1 N–H and O–H groups in total. The van der Waals surface area contributed by atoms with Gasteiger partial charge in [-0.3, -0.25) is 0 Å². The number of carbonyl (C=O) groups is 1. The molecule has 8 nitrogen and oxygen atoms in total. The fourth-order valence-corrected chi connectivity index (χ4v) is 5.87. The number of nitrogens with one attached hydrogen (secondary N) is 1. The second kappa shape index (κ2) is 13.1. The molecule has 1 aromatic heterocycles. The van der Waals surface area contributed by atoms with Crippen LogP contribution in [0, 0.1) is 5.92 Å². The minimum absolute atomic E-state index is 0.431. The van der Waals surface area contributed by atoms with Gasteiger partial charge >= 0.3 is 5.97 Å². The van der Waals surface area contributed by atoms with Crippen molar-refractivity contribution < 1.29 is 19.0 Å². The highest BCUT2D eigenvalue weighted by Gasteiger charge is 2.36. The summed E-state index contributed by atoms with van der Waals surface area (Å²) < 4.78 is 19.7. The second-order valence-corrected chi connectivity index (χ2v) is 11.6. The number of fused-ring (bicyclic) bond motifs is 1. The normalized spacial score (nSPS) is 14.7. The number of carbonyl (C=O) groups excluding carboxylic acids is 1. The van der Waals surface area contributed by atoms with E-state index in [-0.39, 0.29) is 0 Å². The first-order valence-corrected chi connectivity index (χ1v) is 14.9. The molecule has 4 rings (SSSR count). The molecule has 11 heteroatoms. The highest BCUT2D eigenvalue weighted by molar-refractivity contribution is 9.10. The van der Waals surface area contributed by atoms with Crippen molar-refractivity contribution >= 4 is 51.2 Å². The van der Waals surface area contributed by atoms with E-state index in [1.807, 2.05) is 50.2 Å². The largest absolute Gasteiger partial charge is 0.490 e. The van der Waals surface area contributed by atoms with Crippen LogP contribution in [-0.2, 0) is 15.3 Å². The summed E-state index contributed by atoms with van der Waals surface area (Å²) in [5, 5.41) is 9.25. The lowest BCUT2D eigenvalue weighted by Gasteiger charge is -2.28. The van der Waals surface area contributed by atoms with Crippen LogP contribution in [0.5, 0.6) is 11.5 Å². The summed E-state index contributed by atoms with van der Waals surface area (Å²) in [5.74, 6) is 2.40. The van der Waals surface area contributed by atoms with Gasteiger partial charge in [-0.15, -0.1) is 5.10 Å². The van der Waals surface area contributed by atoms with Crippen molar-refractivity contribution in [1.82, 2.24) is 14.8 Å².